The lowest BCUT2D eigenvalue weighted by Gasteiger charge is -2.28. The molecule has 0 aliphatic rings. The lowest BCUT2D eigenvalue weighted by Crippen LogP contribution is -2.60. The molecule has 0 aliphatic carbocycles. The molecule has 178 valence electrons. The predicted molar refractivity (Wildman–Crippen MR) is 114 cm³/mol. The first-order valence-electron chi connectivity index (χ1n) is 10.0. The van der Waals surface area contributed by atoms with Crippen LogP contribution in [0.25, 0.3) is 0 Å². The number of carboxylic acids is 1. The third-order valence-electron chi connectivity index (χ3n) is 4.62. The Labute approximate surface area is 181 Å². The average Bonchev–Trinajstić information content (AvgIpc) is 2.70. The highest BCUT2D eigenvalue weighted by molar-refractivity contribution is 5.94. The number of nitrogens with zero attached hydrogens (tertiary/aromatic N) is 1. The van der Waals surface area contributed by atoms with E-state index in [1.165, 1.54) is 6.92 Å². The van der Waals surface area contributed by atoms with Crippen LogP contribution in [0, 0.1) is 5.92 Å². The van der Waals surface area contributed by atoms with E-state index in [9.17, 15) is 29.4 Å². The lowest BCUT2D eigenvalue weighted by atomic mass is 9.97. The molecule has 0 aromatic rings. The van der Waals surface area contributed by atoms with Gasteiger partial charge in [-0.2, -0.15) is 0 Å². The zero-order valence-corrected chi connectivity index (χ0v) is 18.1. The third kappa shape index (κ3) is 10.6. The normalized spacial score (nSPS) is 15.5. The molecule has 11 N–H and O–H groups in total. The number of rotatable bonds is 14. The Kier molecular flexibility index (Phi) is 12.8. The summed E-state index contributed by atoms with van der Waals surface area (Å²) in [6.45, 7) is 4.62. The Hall–Kier alpha value is -2.93. The van der Waals surface area contributed by atoms with Gasteiger partial charge in [0.25, 0.3) is 0 Å². The van der Waals surface area contributed by atoms with Crippen LogP contribution < -0.4 is 33.2 Å². The van der Waals surface area contributed by atoms with Crippen molar-refractivity contribution in [2.24, 2.45) is 28.1 Å². The fourth-order valence-electron chi connectivity index (χ4n) is 2.60. The smallest absolute Gasteiger partial charge is 0.326 e. The van der Waals surface area contributed by atoms with Gasteiger partial charge in [0.1, 0.15) is 18.1 Å². The molecule has 0 bridgehead atoms. The maximum Gasteiger partial charge on any atom is 0.326 e. The fraction of sp³-hybridized carbons (Fsp3) is 0.722. The maximum absolute atomic E-state index is 12.8. The number of hydrogen-bond donors (Lipinski definition) is 8. The monoisotopic (exact) mass is 445 g/mol. The molecule has 3 amide bonds. The van der Waals surface area contributed by atoms with E-state index in [4.69, 9.17) is 17.2 Å². The molecule has 0 spiro atoms. The predicted octanol–water partition coefficient (Wildman–Crippen LogP) is -3.04. The molecule has 31 heavy (non-hydrogen) atoms. The largest absolute Gasteiger partial charge is 0.480 e. The SMILES string of the molecule is CCC(C)C(NC(=O)C(NC(=O)CN)C(C)O)C(=O)NC(CCCN=C(N)N)C(=O)O. The highest BCUT2D eigenvalue weighted by Gasteiger charge is 2.33. The van der Waals surface area contributed by atoms with Gasteiger partial charge in [0.2, 0.25) is 17.7 Å². The van der Waals surface area contributed by atoms with Gasteiger partial charge in [-0.3, -0.25) is 19.4 Å². The molecule has 0 heterocycles. The zero-order chi connectivity index (χ0) is 24.1. The van der Waals surface area contributed by atoms with Gasteiger partial charge in [-0.25, -0.2) is 4.79 Å². The number of carbonyl (C=O) groups is 4. The number of aliphatic imine (C=N–C) groups is 1. The van der Waals surface area contributed by atoms with Crippen LogP contribution in [-0.2, 0) is 19.2 Å². The van der Waals surface area contributed by atoms with Crippen molar-refractivity contribution in [3.8, 4) is 0 Å². The lowest BCUT2D eigenvalue weighted by molar-refractivity contribution is -0.143. The minimum Gasteiger partial charge on any atom is -0.480 e. The standard InChI is InChI=1S/C18H35N7O6/c1-4-9(2)13(25-16(29)14(10(3)26)24-12(27)8-19)15(28)23-11(17(30)31)6-5-7-22-18(20)21/h9-11,13-14,26H,4-8,19H2,1-3H3,(H,23,28)(H,24,27)(H,25,29)(H,30,31)(H4,20,21,22). The van der Waals surface area contributed by atoms with Gasteiger partial charge in [-0.15, -0.1) is 0 Å². The molecular weight excluding hydrogens is 410 g/mol. The van der Waals surface area contributed by atoms with Crippen molar-refractivity contribution in [3.63, 3.8) is 0 Å². The Morgan fingerprint density at radius 1 is 1.00 bits per heavy atom. The molecule has 13 nitrogen and oxygen atoms in total. The molecule has 13 heteroatoms. The summed E-state index contributed by atoms with van der Waals surface area (Å²) in [4.78, 5) is 52.2. The highest BCUT2D eigenvalue weighted by Crippen LogP contribution is 2.10. The summed E-state index contributed by atoms with van der Waals surface area (Å²) < 4.78 is 0. The number of aliphatic hydroxyl groups excluding tert-OH is 1. The fourth-order valence-corrected chi connectivity index (χ4v) is 2.60. The van der Waals surface area contributed by atoms with Crippen molar-refractivity contribution in [2.45, 2.75) is 64.3 Å². The number of carbonyl (C=O) groups excluding carboxylic acids is 3. The number of amides is 3. The first-order valence-corrected chi connectivity index (χ1v) is 10.0. The zero-order valence-electron chi connectivity index (χ0n) is 18.1. The van der Waals surface area contributed by atoms with E-state index in [2.05, 4.69) is 20.9 Å². The van der Waals surface area contributed by atoms with E-state index in [1.807, 2.05) is 0 Å². The summed E-state index contributed by atoms with van der Waals surface area (Å²) >= 11 is 0. The molecule has 0 fully saturated rings. The molecule has 0 aromatic carbocycles. The number of aliphatic hydroxyl groups is 1. The van der Waals surface area contributed by atoms with Gasteiger partial charge < -0.3 is 43.4 Å². The van der Waals surface area contributed by atoms with Crippen LogP contribution in [0.1, 0.15) is 40.0 Å². The second kappa shape index (κ2) is 14.1. The van der Waals surface area contributed by atoms with Crippen molar-refractivity contribution in [1.82, 2.24) is 16.0 Å². The number of nitrogens with two attached hydrogens (primary N) is 3. The summed E-state index contributed by atoms with van der Waals surface area (Å²) in [5.74, 6) is -3.88. The molecule has 0 saturated heterocycles. The van der Waals surface area contributed by atoms with Crippen LogP contribution in [0.15, 0.2) is 4.99 Å². The Morgan fingerprint density at radius 3 is 2.03 bits per heavy atom. The van der Waals surface area contributed by atoms with Crippen LogP contribution in [-0.4, -0.2) is 77.2 Å². The molecule has 0 saturated carbocycles. The summed E-state index contributed by atoms with van der Waals surface area (Å²) in [7, 11) is 0. The quantitative estimate of drug-likeness (QED) is 0.0769. The van der Waals surface area contributed by atoms with Crippen molar-refractivity contribution < 1.29 is 29.4 Å². The first-order chi connectivity index (χ1) is 14.4. The molecule has 5 unspecified atom stereocenters. The van der Waals surface area contributed by atoms with E-state index < -0.39 is 47.9 Å². The maximum atomic E-state index is 12.8. The number of nitrogens with one attached hydrogen (secondary N) is 3. The van der Waals surface area contributed by atoms with E-state index in [0.29, 0.717) is 12.8 Å². The van der Waals surface area contributed by atoms with Gasteiger partial charge in [0, 0.05) is 6.54 Å². The summed E-state index contributed by atoms with van der Waals surface area (Å²) in [6.07, 6.45) is -0.375. The van der Waals surface area contributed by atoms with Crippen molar-refractivity contribution in [2.75, 3.05) is 13.1 Å². The van der Waals surface area contributed by atoms with E-state index in [1.54, 1.807) is 13.8 Å². The first kappa shape index (κ1) is 28.1. The second-order valence-corrected chi connectivity index (χ2v) is 7.21. The number of hydrogen-bond acceptors (Lipinski definition) is 7. The minimum atomic E-state index is -1.33. The van der Waals surface area contributed by atoms with Gasteiger partial charge in [0.15, 0.2) is 5.96 Å². The number of carboxylic acid groups (broad SMARTS) is 1. The summed E-state index contributed by atoms with van der Waals surface area (Å²) in [5.41, 5.74) is 15.7. The van der Waals surface area contributed by atoms with Gasteiger partial charge in [-0.1, -0.05) is 20.3 Å². The van der Waals surface area contributed by atoms with Crippen molar-refractivity contribution >= 4 is 29.7 Å². The number of aliphatic carboxylic acids is 1. The average molecular weight is 446 g/mol. The summed E-state index contributed by atoms with van der Waals surface area (Å²) in [5, 5.41) is 26.4. The van der Waals surface area contributed by atoms with Crippen molar-refractivity contribution in [1.29, 1.82) is 0 Å². The Bertz CT molecular complexity index is 651. The van der Waals surface area contributed by atoms with Crippen molar-refractivity contribution in [3.05, 3.63) is 0 Å². The van der Waals surface area contributed by atoms with Crippen LogP contribution in [0.2, 0.25) is 0 Å². The topological polar surface area (TPSA) is 235 Å². The van der Waals surface area contributed by atoms with E-state index in [0.717, 1.165) is 0 Å². The van der Waals surface area contributed by atoms with Crippen LogP contribution >= 0.6 is 0 Å². The van der Waals surface area contributed by atoms with E-state index >= 15 is 0 Å². The second-order valence-electron chi connectivity index (χ2n) is 7.21. The summed E-state index contributed by atoms with van der Waals surface area (Å²) in [6, 6.07) is -3.63. The van der Waals surface area contributed by atoms with Gasteiger partial charge >= 0.3 is 5.97 Å². The van der Waals surface area contributed by atoms with E-state index in [-0.39, 0.29) is 31.4 Å². The Morgan fingerprint density at radius 2 is 1.58 bits per heavy atom. The van der Waals surface area contributed by atoms with Gasteiger partial charge in [-0.05, 0) is 25.7 Å². The van der Waals surface area contributed by atoms with Crippen LogP contribution in [0.5, 0.6) is 0 Å². The molecule has 0 aliphatic heterocycles. The molecule has 5 atom stereocenters. The molecule has 0 rings (SSSR count). The van der Waals surface area contributed by atoms with Crippen LogP contribution in [0.4, 0.5) is 0 Å². The molecule has 0 radical (unpaired) electrons. The van der Waals surface area contributed by atoms with Gasteiger partial charge in [0.05, 0.1) is 12.6 Å². The van der Waals surface area contributed by atoms with Crippen LogP contribution in [0.3, 0.4) is 0 Å². The Balaban J connectivity index is 5.32. The minimum absolute atomic E-state index is 0.0713. The third-order valence-corrected chi connectivity index (χ3v) is 4.62. The number of guanidine groups is 1. The highest BCUT2D eigenvalue weighted by atomic mass is 16.4. The molecular formula is C18H35N7O6. The molecule has 0 aromatic heterocycles.